The average molecular weight is 293 g/mol. The zero-order chi connectivity index (χ0) is 15.4. The van der Waals surface area contributed by atoms with Crippen LogP contribution in [0.1, 0.15) is 0 Å². The molecule has 0 radical (unpaired) electrons. The molecule has 0 unspecified atom stereocenters. The maximum Gasteiger partial charge on any atom is 0.243 e. The van der Waals surface area contributed by atoms with E-state index in [9.17, 15) is 4.39 Å². The summed E-state index contributed by atoms with van der Waals surface area (Å²) in [5, 5.41) is 2.89. The van der Waals surface area contributed by atoms with E-state index in [0.29, 0.717) is 11.6 Å². The quantitative estimate of drug-likeness (QED) is 0.557. The van der Waals surface area contributed by atoms with Crippen molar-refractivity contribution < 1.29 is 9.13 Å². The lowest BCUT2D eigenvalue weighted by atomic mass is 10.3. The molecule has 112 valence electrons. The normalized spacial score (nSPS) is 10.1. The Labute approximate surface area is 121 Å². The van der Waals surface area contributed by atoms with Gasteiger partial charge >= 0.3 is 0 Å². The van der Waals surface area contributed by atoms with Gasteiger partial charge in [0.1, 0.15) is 0 Å². The molecule has 0 amide bonds. The summed E-state index contributed by atoms with van der Waals surface area (Å²) in [7, 11) is 4.97. The Hall–Kier alpha value is -2.68. The first kappa shape index (κ1) is 14.7. The number of hydrazine groups is 1. The number of nitrogens with one attached hydrogen (secondary N) is 2. The van der Waals surface area contributed by atoms with Crippen LogP contribution >= 0.6 is 0 Å². The second-order valence-electron chi connectivity index (χ2n) is 4.30. The first-order valence-corrected chi connectivity index (χ1v) is 6.04. The molecule has 0 bridgehead atoms. The Kier molecular flexibility index (Phi) is 4.33. The van der Waals surface area contributed by atoms with Gasteiger partial charge in [-0.15, -0.1) is 0 Å². The number of aromatic nitrogens is 3. The van der Waals surface area contributed by atoms with Crippen LogP contribution in [0.5, 0.6) is 5.75 Å². The van der Waals surface area contributed by atoms with Crippen molar-refractivity contribution in [3.63, 3.8) is 0 Å². The zero-order valence-corrected chi connectivity index (χ0v) is 11.9. The molecule has 8 nitrogen and oxygen atoms in total. The number of halogens is 1. The lowest BCUT2D eigenvalue weighted by Crippen LogP contribution is -2.18. The van der Waals surface area contributed by atoms with Crippen LogP contribution in [-0.2, 0) is 0 Å². The van der Waals surface area contributed by atoms with Crippen molar-refractivity contribution >= 4 is 23.5 Å². The number of benzene rings is 1. The van der Waals surface area contributed by atoms with Gasteiger partial charge in [0.15, 0.2) is 11.6 Å². The predicted octanol–water partition coefficient (Wildman–Crippen LogP) is 1.11. The molecule has 1 heterocycles. The average Bonchev–Trinajstić information content (AvgIpc) is 2.47. The third-order valence-electron chi connectivity index (χ3n) is 2.56. The molecule has 2 rings (SSSR count). The van der Waals surface area contributed by atoms with E-state index < -0.39 is 5.82 Å². The van der Waals surface area contributed by atoms with E-state index in [4.69, 9.17) is 10.6 Å². The lowest BCUT2D eigenvalue weighted by Gasteiger charge is -2.13. The summed E-state index contributed by atoms with van der Waals surface area (Å²) in [4.78, 5) is 14.0. The molecule has 0 saturated heterocycles. The van der Waals surface area contributed by atoms with Gasteiger partial charge in [-0.05, 0) is 12.1 Å². The Morgan fingerprint density at radius 1 is 1.19 bits per heavy atom. The van der Waals surface area contributed by atoms with Crippen LogP contribution in [-0.4, -0.2) is 36.2 Å². The van der Waals surface area contributed by atoms with Crippen LogP contribution in [0, 0.1) is 5.82 Å². The smallest absolute Gasteiger partial charge is 0.243 e. The molecular weight excluding hydrogens is 277 g/mol. The van der Waals surface area contributed by atoms with Crippen LogP contribution in [0.3, 0.4) is 0 Å². The molecule has 0 saturated carbocycles. The van der Waals surface area contributed by atoms with Gasteiger partial charge in [0.05, 0.1) is 7.11 Å². The van der Waals surface area contributed by atoms with E-state index >= 15 is 0 Å². The fourth-order valence-electron chi connectivity index (χ4n) is 1.56. The minimum atomic E-state index is -0.485. The summed E-state index contributed by atoms with van der Waals surface area (Å²) in [5.41, 5.74) is 2.83. The highest BCUT2D eigenvalue weighted by atomic mass is 19.1. The van der Waals surface area contributed by atoms with E-state index in [1.807, 2.05) is 0 Å². The van der Waals surface area contributed by atoms with Crippen molar-refractivity contribution in [2.45, 2.75) is 0 Å². The second-order valence-corrected chi connectivity index (χ2v) is 4.30. The first-order chi connectivity index (χ1) is 10.0. The highest BCUT2D eigenvalue weighted by molar-refractivity contribution is 5.57. The van der Waals surface area contributed by atoms with Gasteiger partial charge in [0, 0.05) is 25.8 Å². The maximum atomic E-state index is 13.6. The largest absolute Gasteiger partial charge is 0.494 e. The first-order valence-electron chi connectivity index (χ1n) is 6.04. The Morgan fingerprint density at radius 3 is 2.48 bits per heavy atom. The summed E-state index contributed by atoms with van der Waals surface area (Å²) >= 11 is 0. The molecule has 0 fully saturated rings. The minimum Gasteiger partial charge on any atom is -0.494 e. The summed E-state index contributed by atoms with van der Waals surface area (Å²) < 4.78 is 18.5. The topological polar surface area (TPSA) is 101 Å². The number of nitrogen functional groups attached to an aromatic ring is 1. The maximum absolute atomic E-state index is 13.6. The van der Waals surface area contributed by atoms with Gasteiger partial charge in [-0.1, -0.05) is 0 Å². The van der Waals surface area contributed by atoms with Crippen molar-refractivity contribution in [3.05, 3.63) is 24.0 Å². The Morgan fingerprint density at radius 2 is 1.90 bits per heavy atom. The summed E-state index contributed by atoms with van der Waals surface area (Å²) in [6.07, 6.45) is 0. The number of hydrogen-bond acceptors (Lipinski definition) is 8. The van der Waals surface area contributed by atoms with Crippen molar-refractivity contribution in [2.75, 3.05) is 36.8 Å². The molecule has 9 heteroatoms. The van der Waals surface area contributed by atoms with E-state index in [-0.39, 0.29) is 17.6 Å². The molecule has 1 aromatic carbocycles. The molecule has 1 aromatic heterocycles. The fraction of sp³-hybridized carbons (Fsp3) is 0.250. The Balaban J connectivity index is 2.30. The van der Waals surface area contributed by atoms with Gasteiger partial charge < -0.3 is 15.0 Å². The fourth-order valence-corrected chi connectivity index (χ4v) is 1.56. The minimum absolute atomic E-state index is 0.162. The zero-order valence-electron chi connectivity index (χ0n) is 11.9. The molecule has 0 spiro atoms. The third-order valence-corrected chi connectivity index (χ3v) is 2.56. The van der Waals surface area contributed by atoms with Crippen LogP contribution in [0.2, 0.25) is 0 Å². The highest BCUT2D eigenvalue weighted by Gasteiger charge is 2.09. The van der Waals surface area contributed by atoms with Crippen LogP contribution in [0.25, 0.3) is 0 Å². The molecule has 21 heavy (non-hydrogen) atoms. The molecule has 0 aliphatic heterocycles. The number of anilines is 4. The molecule has 0 aliphatic carbocycles. The van der Waals surface area contributed by atoms with E-state index in [0.717, 1.165) is 0 Å². The van der Waals surface area contributed by atoms with Crippen molar-refractivity contribution in [1.82, 2.24) is 15.0 Å². The molecule has 0 aliphatic rings. The number of nitrogens with two attached hydrogens (primary N) is 1. The van der Waals surface area contributed by atoms with Gasteiger partial charge in [0.25, 0.3) is 0 Å². The predicted molar refractivity (Wildman–Crippen MR) is 78.2 cm³/mol. The summed E-state index contributed by atoms with van der Waals surface area (Å²) in [6, 6.07) is 4.44. The van der Waals surface area contributed by atoms with Crippen LogP contribution in [0.4, 0.5) is 27.9 Å². The number of ether oxygens (including phenoxy) is 1. The standard InChI is InChI=1S/C12H16FN7O/c1-20(2)12-17-10(16-11(18-12)19-14)15-7-4-5-9(21-3)8(13)6-7/h4-6H,14H2,1-3H3,(H2,15,16,17,18,19). The lowest BCUT2D eigenvalue weighted by molar-refractivity contribution is 0.386. The third kappa shape index (κ3) is 3.45. The van der Waals surface area contributed by atoms with Gasteiger partial charge in [-0.25, -0.2) is 10.2 Å². The Bertz CT molecular complexity index is 635. The van der Waals surface area contributed by atoms with E-state index in [1.165, 1.54) is 19.2 Å². The number of rotatable bonds is 5. The summed E-state index contributed by atoms with van der Waals surface area (Å²) in [6.45, 7) is 0. The second kappa shape index (κ2) is 6.18. The number of hydrogen-bond donors (Lipinski definition) is 3. The van der Waals surface area contributed by atoms with Gasteiger partial charge in [-0.2, -0.15) is 15.0 Å². The monoisotopic (exact) mass is 293 g/mol. The van der Waals surface area contributed by atoms with Gasteiger partial charge in [-0.3, -0.25) is 5.43 Å². The van der Waals surface area contributed by atoms with E-state index in [2.05, 4.69) is 25.7 Å². The highest BCUT2D eigenvalue weighted by Crippen LogP contribution is 2.23. The molecule has 2 aromatic rings. The van der Waals surface area contributed by atoms with Crippen molar-refractivity contribution in [2.24, 2.45) is 5.84 Å². The summed E-state index contributed by atoms with van der Waals surface area (Å²) in [5.74, 6) is 5.85. The SMILES string of the molecule is COc1ccc(Nc2nc(NN)nc(N(C)C)n2)cc1F. The number of methoxy groups -OCH3 is 1. The van der Waals surface area contributed by atoms with Gasteiger partial charge in [0.2, 0.25) is 17.8 Å². The van der Waals surface area contributed by atoms with Crippen LogP contribution < -0.4 is 26.2 Å². The van der Waals surface area contributed by atoms with Crippen LogP contribution in [0.15, 0.2) is 18.2 Å². The van der Waals surface area contributed by atoms with E-state index in [1.54, 1.807) is 25.1 Å². The van der Waals surface area contributed by atoms with Crippen molar-refractivity contribution in [1.29, 1.82) is 0 Å². The van der Waals surface area contributed by atoms with Crippen molar-refractivity contribution in [3.8, 4) is 5.75 Å². The molecule has 4 N–H and O–H groups in total. The molecular formula is C12H16FN7O. The number of nitrogens with zero attached hydrogens (tertiary/aromatic N) is 4. The molecule has 0 atom stereocenters.